The lowest BCUT2D eigenvalue weighted by atomic mass is 10.0. The molecule has 182 valence electrons. The molecular formula is C24H42N4O4. The number of ether oxygens (including phenoxy) is 2. The Morgan fingerprint density at radius 2 is 1.00 bits per heavy atom. The van der Waals surface area contributed by atoms with Gasteiger partial charge in [0.25, 0.3) is 0 Å². The van der Waals surface area contributed by atoms with Gasteiger partial charge in [-0.2, -0.15) is 0 Å². The van der Waals surface area contributed by atoms with E-state index in [4.69, 9.17) is 20.9 Å². The zero-order chi connectivity index (χ0) is 23.6. The van der Waals surface area contributed by atoms with Crippen molar-refractivity contribution in [3.8, 4) is 11.5 Å². The predicted octanol–water partition coefficient (Wildman–Crippen LogP) is 5.35. The highest BCUT2D eigenvalue weighted by atomic mass is 16.5. The summed E-state index contributed by atoms with van der Waals surface area (Å²) in [4.78, 5) is 0. The van der Waals surface area contributed by atoms with E-state index in [1.807, 2.05) is 0 Å². The average Bonchev–Trinajstić information content (AvgIpc) is 2.81. The highest BCUT2D eigenvalue weighted by Gasteiger charge is 2.22. The van der Waals surface area contributed by atoms with Crippen molar-refractivity contribution in [1.82, 2.24) is 0 Å². The Hall–Kier alpha value is -2.64. The molecule has 0 saturated carbocycles. The Labute approximate surface area is 192 Å². The van der Waals surface area contributed by atoms with Crippen molar-refractivity contribution in [1.29, 1.82) is 0 Å². The third-order valence-electron chi connectivity index (χ3n) is 5.37. The minimum atomic E-state index is -0.186. The molecule has 0 radical (unpaired) electrons. The smallest absolute Gasteiger partial charge is 0.174 e. The Morgan fingerprint density at radius 1 is 0.656 bits per heavy atom. The van der Waals surface area contributed by atoms with Crippen molar-refractivity contribution in [2.75, 3.05) is 13.2 Å². The molecule has 1 aromatic carbocycles. The van der Waals surface area contributed by atoms with Crippen molar-refractivity contribution in [2.45, 2.75) is 90.9 Å². The van der Waals surface area contributed by atoms with Crippen LogP contribution in [0.4, 0.5) is 0 Å². The maximum absolute atomic E-state index is 9.31. The molecule has 0 saturated heterocycles. The quantitative estimate of drug-likeness (QED) is 0.0782. The van der Waals surface area contributed by atoms with Gasteiger partial charge in [-0.15, -0.1) is 0 Å². The summed E-state index contributed by atoms with van der Waals surface area (Å²) in [6, 6.07) is 3.43. The zero-order valence-electron chi connectivity index (χ0n) is 19.8. The van der Waals surface area contributed by atoms with E-state index in [1.54, 1.807) is 12.1 Å². The molecule has 8 heteroatoms. The molecule has 1 aromatic rings. The van der Waals surface area contributed by atoms with Gasteiger partial charge in [0.1, 0.15) is 11.5 Å². The molecule has 0 aliphatic heterocycles. The first-order chi connectivity index (χ1) is 15.6. The lowest BCUT2D eigenvalue weighted by Gasteiger charge is -2.18. The van der Waals surface area contributed by atoms with Crippen LogP contribution in [-0.2, 0) is 0 Å². The Morgan fingerprint density at radius 3 is 1.34 bits per heavy atom. The second-order valence-electron chi connectivity index (χ2n) is 8.01. The fourth-order valence-corrected chi connectivity index (χ4v) is 3.54. The summed E-state index contributed by atoms with van der Waals surface area (Å²) in [5, 5.41) is 24.9. The highest BCUT2D eigenvalue weighted by Crippen LogP contribution is 2.31. The molecule has 0 spiro atoms. The number of rotatable bonds is 18. The van der Waals surface area contributed by atoms with Crippen LogP contribution in [0.5, 0.6) is 11.5 Å². The van der Waals surface area contributed by atoms with E-state index >= 15 is 0 Å². The summed E-state index contributed by atoms with van der Waals surface area (Å²) in [6.07, 6.45) is 13.7. The number of unbranched alkanes of at least 4 members (excludes halogenated alkanes) is 10. The van der Waals surface area contributed by atoms with Gasteiger partial charge in [-0.25, -0.2) is 0 Å². The van der Waals surface area contributed by atoms with Crippen LogP contribution in [0.25, 0.3) is 0 Å². The summed E-state index contributed by atoms with van der Waals surface area (Å²) in [5.74, 6) is 0.439. The molecule has 0 aliphatic rings. The first-order valence-corrected chi connectivity index (χ1v) is 12.0. The van der Waals surface area contributed by atoms with Crippen LogP contribution < -0.4 is 20.9 Å². The van der Waals surface area contributed by atoms with Gasteiger partial charge in [-0.05, 0) is 25.0 Å². The normalized spacial score (nSPS) is 12.2. The summed E-state index contributed by atoms with van der Waals surface area (Å²) in [5.41, 5.74) is 12.4. The van der Waals surface area contributed by atoms with Crippen LogP contribution in [0.1, 0.15) is 102 Å². The van der Waals surface area contributed by atoms with Gasteiger partial charge >= 0.3 is 0 Å². The molecule has 0 aliphatic carbocycles. The molecule has 0 aromatic heterocycles. The van der Waals surface area contributed by atoms with Crippen LogP contribution in [0.3, 0.4) is 0 Å². The summed E-state index contributed by atoms with van der Waals surface area (Å²) in [7, 11) is 0. The molecule has 0 bridgehead atoms. The van der Waals surface area contributed by atoms with Gasteiger partial charge in [0.15, 0.2) is 11.7 Å². The van der Waals surface area contributed by atoms with E-state index in [0.29, 0.717) is 24.7 Å². The lowest BCUT2D eigenvalue weighted by Crippen LogP contribution is -2.24. The lowest BCUT2D eigenvalue weighted by molar-refractivity contribution is 0.293. The van der Waals surface area contributed by atoms with Gasteiger partial charge in [-0.3, -0.25) is 0 Å². The Kier molecular flexibility index (Phi) is 14.5. The number of benzene rings is 1. The van der Waals surface area contributed by atoms with Gasteiger partial charge in [0.05, 0.1) is 24.3 Å². The van der Waals surface area contributed by atoms with E-state index in [2.05, 4.69) is 24.2 Å². The molecule has 0 atom stereocenters. The molecule has 32 heavy (non-hydrogen) atoms. The maximum Gasteiger partial charge on any atom is 0.174 e. The minimum absolute atomic E-state index is 0.186. The van der Waals surface area contributed by atoms with Crippen molar-refractivity contribution in [3.05, 3.63) is 23.3 Å². The number of nitrogens with two attached hydrogens (primary N) is 2. The van der Waals surface area contributed by atoms with Crippen molar-refractivity contribution in [3.63, 3.8) is 0 Å². The van der Waals surface area contributed by atoms with Crippen LogP contribution in [0.2, 0.25) is 0 Å². The predicted molar refractivity (Wildman–Crippen MR) is 129 cm³/mol. The summed E-state index contributed by atoms with van der Waals surface area (Å²) in [6.45, 7) is 5.37. The average molecular weight is 451 g/mol. The van der Waals surface area contributed by atoms with Crippen LogP contribution >= 0.6 is 0 Å². The van der Waals surface area contributed by atoms with Gasteiger partial charge in [0.2, 0.25) is 0 Å². The van der Waals surface area contributed by atoms with E-state index in [1.165, 1.54) is 51.4 Å². The topological polar surface area (TPSA) is 136 Å². The second kappa shape index (κ2) is 17.0. The zero-order valence-corrected chi connectivity index (χ0v) is 19.8. The summed E-state index contributed by atoms with van der Waals surface area (Å²) >= 11 is 0. The second-order valence-corrected chi connectivity index (χ2v) is 8.01. The maximum atomic E-state index is 9.31. The van der Waals surface area contributed by atoms with E-state index in [9.17, 15) is 10.4 Å². The van der Waals surface area contributed by atoms with E-state index in [0.717, 1.165) is 25.7 Å². The Balaban J connectivity index is 2.89. The monoisotopic (exact) mass is 450 g/mol. The van der Waals surface area contributed by atoms with Crippen molar-refractivity contribution >= 4 is 11.7 Å². The number of oxime groups is 2. The third kappa shape index (κ3) is 9.66. The van der Waals surface area contributed by atoms with Gasteiger partial charge < -0.3 is 31.4 Å². The van der Waals surface area contributed by atoms with Gasteiger partial charge in [0, 0.05) is 0 Å². The van der Waals surface area contributed by atoms with Crippen LogP contribution in [0, 0.1) is 0 Å². The molecular weight excluding hydrogens is 408 g/mol. The van der Waals surface area contributed by atoms with Crippen LogP contribution in [-0.4, -0.2) is 35.3 Å². The minimum Gasteiger partial charge on any atom is -0.493 e. The number of amidine groups is 2. The highest BCUT2D eigenvalue weighted by molar-refractivity contribution is 6.13. The molecule has 6 N–H and O–H groups in total. The number of hydrogen-bond acceptors (Lipinski definition) is 6. The van der Waals surface area contributed by atoms with E-state index < -0.39 is 0 Å². The standard InChI is InChI=1S/C24H42N4O4/c1-3-5-7-9-11-13-17-31-19-15-16-20(32-18-14-12-10-8-6-4-2)22(24(26)28-30)21(19)23(25)27-29/h15-16,29-30H,3-14,17-18H2,1-2H3,(H2,25,27)(H2,26,28). The fraction of sp³-hybridized carbons (Fsp3) is 0.667. The molecule has 1 rings (SSSR count). The van der Waals surface area contributed by atoms with Crippen molar-refractivity contribution in [2.24, 2.45) is 21.8 Å². The SMILES string of the molecule is CCCCCCCCOc1ccc(OCCCCCCCC)c(/C(N)=N/O)c1/C(N)=N/O. The largest absolute Gasteiger partial charge is 0.493 e. The number of nitrogens with zero attached hydrogens (tertiary/aromatic N) is 2. The molecule has 0 unspecified atom stereocenters. The van der Waals surface area contributed by atoms with Crippen molar-refractivity contribution < 1.29 is 19.9 Å². The molecule has 0 heterocycles. The molecule has 0 amide bonds. The first kappa shape index (κ1) is 27.4. The number of hydrogen-bond donors (Lipinski definition) is 4. The van der Waals surface area contributed by atoms with E-state index in [-0.39, 0.29) is 22.8 Å². The first-order valence-electron chi connectivity index (χ1n) is 12.0. The summed E-state index contributed by atoms with van der Waals surface area (Å²) < 4.78 is 11.8. The molecule has 8 nitrogen and oxygen atoms in total. The Bertz CT molecular complexity index is 648. The molecule has 0 fully saturated rings. The van der Waals surface area contributed by atoms with Crippen LogP contribution in [0.15, 0.2) is 22.4 Å². The fourth-order valence-electron chi connectivity index (χ4n) is 3.54. The van der Waals surface area contributed by atoms with Gasteiger partial charge in [-0.1, -0.05) is 88.4 Å². The third-order valence-corrected chi connectivity index (χ3v) is 5.37.